The van der Waals surface area contributed by atoms with Gasteiger partial charge in [-0.25, -0.2) is 4.79 Å². The summed E-state index contributed by atoms with van der Waals surface area (Å²) >= 11 is 0. The zero-order chi connectivity index (χ0) is 18.3. The Balaban J connectivity index is 2.02. The Kier molecular flexibility index (Phi) is 6.16. The van der Waals surface area contributed by atoms with Crippen LogP contribution in [0.25, 0.3) is 0 Å². The molecule has 25 heavy (non-hydrogen) atoms. The van der Waals surface area contributed by atoms with Crippen LogP contribution in [0.4, 0.5) is 4.79 Å². The maximum absolute atomic E-state index is 12.5. The Morgan fingerprint density at radius 3 is 2.52 bits per heavy atom. The van der Waals surface area contributed by atoms with Crippen LogP contribution in [0.2, 0.25) is 0 Å². The van der Waals surface area contributed by atoms with Crippen molar-refractivity contribution in [2.45, 2.75) is 45.4 Å². The first-order chi connectivity index (χ1) is 11.8. The minimum absolute atomic E-state index is 0.288. The Labute approximate surface area is 147 Å². The summed E-state index contributed by atoms with van der Waals surface area (Å²) in [4.78, 5) is 24.6. The molecule has 0 aliphatic heterocycles. The van der Waals surface area contributed by atoms with Gasteiger partial charge in [0.1, 0.15) is 11.6 Å². The first kappa shape index (κ1) is 18.5. The highest BCUT2D eigenvalue weighted by atomic mass is 16.6. The molecule has 7 heteroatoms. The van der Waals surface area contributed by atoms with Gasteiger partial charge < -0.3 is 15.4 Å². The van der Waals surface area contributed by atoms with Crippen molar-refractivity contribution in [3.63, 3.8) is 0 Å². The summed E-state index contributed by atoms with van der Waals surface area (Å²) in [6.07, 6.45) is 1.36. The van der Waals surface area contributed by atoms with Gasteiger partial charge in [0.2, 0.25) is 5.91 Å². The van der Waals surface area contributed by atoms with E-state index in [1.165, 1.54) is 0 Å². The number of nitrogens with one attached hydrogen (secondary N) is 3. The SMILES string of the molecule is CC(C)(C)OC(=O)N[C@@H](Cc1ccccc1)C(=O)NCc1ccn[nH]1. The molecule has 0 bridgehead atoms. The number of amides is 2. The molecule has 2 rings (SSSR count). The molecule has 1 aromatic carbocycles. The third-order valence-corrected chi connectivity index (χ3v) is 3.30. The molecule has 0 saturated carbocycles. The average molecular weight is 344 g/mol. The Morgan fingerprint density at radius 1 is 1.20 bits per heavy atom. The molecule has 0 saturated heterocycles. The first-order valence-corrected chi connectivity index (χ1v) is 8.13. The van der Waals surface area contributed by atoms with Crippen LogP contribution in [0, 0.1) is 0 Å². The van der Waals surface area contributed by atoms with E-state index in [0.717, 1.165) is 11.3 Å². The van der Waals surface area contributed by atoms with Crippen LogP contribution in [0.1, 0.15) is 32.0 Å². The van der Waals surface area contributed by atoms with E-state index >= 15 is 0 Å². The van der Waals surface area contributed by atoms with Crippen LogP contribution in [0.15, 0.2) is 42.6 Å². The molecule has 0 fully saturated rings. The van der Waals surface area contributed by atoms with Gasteiger partial charge in [-0.1, -0.05) is 30.3 Å². The van der Waals surface area contributed by atoms with Crippen molar-refractivity contribution in [2.75, 3.05) is 0 Å². The van der Waals surface area contributed by atoms with Gasteiger partial charge in [-0.05, 0) is 32.4 Å². The van der Waals surface area contributed by atoms with E-state index in [4.69, 9.17) is 4.74 Å². The number of benzene rings is 1. The number of hydrogen-bond donors (Lipinski definition) is 3. The number of rotatable bonds is 6. The van der Waals surface area contributed by atoms with Crippen molar-refractivity contribution in [1.82, 2.24) is 20.8 Å². The van der Waals surface area contributed by atoms with Gasteiger partial charge in [-0.3, -0.25) is 9.89 Å². The van der Waals surface area contributed by atoms with Crippen LogP contribution in [-0.2, 0) is 22.5 Å². The molecular formula is C18H24N4O3. The molecule has 1 heterocycles. The molecule has 0 aliphatic rings. The molecule has 2 aromatic rings. The number of carbonyl (C=O) groups excluding carboxylic acids is 2. The van der Waals surface area contributed by atoms with Crippen molar-refractivity contribution in [3.05, 3.63) is 53.9 Å². The summed E-state index contributed by atoms with van der Waals surface area (Å²) in [5, 5.41) is 12.1. The summed E-state index contributed by atoms with van der Waals surface area (Å²) in [6, 6.07) is 10.5. The van der Waals surface area contributed by atoms with Crippen LogP contribution < -0.4 is 10.6 Å². The lowest BCUT2D eigenvalue weighted by Crippen LogP contribution is -2.49. The maximum atomic E-state index is 12.5. The standard InChI is InChI=1S/C18H24N4O3/c1-18(2,3)25-17(24)21-15(11-13-7-5-4-6-8-13)16(23)19-12-14-9-10-20-22-14/h4-10,15H,11-12H2,1-3H3,(H,19,23)(H,20,22)(H,21,24)/t15-/m0/s1. The second-order valence-electron chi connectivity index (χ2n) is 6.69. The van der Waals surface area contributed by atoms with Gasteiger partial charge in [0.15, 0.2) is 0 Å². The zero-order valence-corrected chi connectivity index (χ0v) is 14.7. The minimum atomic E-state index is -0.736. The largest absolute Gasteiger partial charge is 0.444 e. The summed E-state index contributed by atoms with van der Waals surface area (Å²) in [5.41, 5.74) is 1.10. The number of ether oxygens (including phenoxy) is 1. The monoisotopic (exact) mass is 344 g/mol. The lowest BCUT2D eigenvalue weighted by molar-refractivity contribution is -0.123. The second kappa shape index (κ2) is 8.32. The molecule has 0 spiro atoms. The van der Waals surface area contributed by atoms with Gasteiger partial charge in [0, 0.05) is 12.6 Å². The molecular weight excluding hydrogens is 320 g/mol. The average Bonchev–Trinajstić information content (AvgIpc) is 3.04. The number of H-pyrrole nitrogens is 1. The predicted octanol–water partition coefficient (Wildman–Crippen LogP) is 2.16. The van der Waals surface area contributed by atoms with Crippen LogP contribution in [0.3, 0.4) is 0 Å². The van der Waals surface area contributed by atoms with E-state index in [0.29, 0.717) is 13.0 Å². The van der Waals surface area contributed by atoms with E-state index in [9.17, 15) is 9.59 Å². The molecule has 1 atom stereocenters. The van der Waals surface area contributed by atoms with E-state index in [-0.39, 0.29) is 5.91 Å². The van der Waals surface area contributed by atoms with Crippen LogP contribution >= 0.6 is 0 Å². The molecule has 134 valence electrons. The lowest BCUT2D eigenvalue weighted by atomic mass is 10.1. The van der Waals surface area contributed by atoms with E-state index < -0.39 is 17.7 Å². The van der Waals surface area contributed by atoms with Crippen LogP contribution in [0.5, 0.6) is 0 Å². The summed E-state index contributed by atoms with van der Waals surface area (Å²) in [6.45, 7) is 5.63. The lowest BCUT2D eigenvalue weighted by Gasteiger charge is -2.23. The first-order valence-electron chi connectivity index (χ1n) is 8.13. The Hall–Kier alpha value is -2.83. The molecule has 1 aromatic heterocycles. The van der Waals surface area contributed by atoms with E-state index in [1.807, 2.05) is 30.3 Å². The number of aromatic amines is 1. The number of hydrogen-bond acceptors (Lipinski definition) is 4. The molecule has 2 amide bonds. The number of nitrogens with zero attached hydrogens (tertiary/aromatic N) is 1. The Bertz CT molecular complexity index is 678. The van der Waals surface area contributed by atoms with Gasteiger partial charge in [0.25, 0.3) is 0 Å². The fraction of sp³-hybridized carbons (Fsp3) is 0.389. The Morgan fingerprint density at radius 2 is 1.92 bits per heavy atom. The zero-order valence-electron chi connectivity index (χ0n) is 14.7. The van der Waals surface area contributed by atoms with Crippen molar-refractivity contribution < 1.29 is 14.3 Å². The molecule has 0 radical (unpaired) electrons. The normalized spacial score (nSPS) is 12.3. The summed E-state index contributed by atoms with van der Waals surface area (Å²) < 4.78 is 5.26. The molecule has 7 nitrogen and oxygen atoms in total. The fourth-order valence-electron chi connectivity index (χ4n) is 2.20. The third kappa shape index (κ3) is 6.66. The molecule has 3 N–H and O–H groups in total. The quantitative estimate of drug-likeness (QED) is 0.748. The van der Waals surface area contributed by atoms with Crippen molar-refractivity contribution >= 4 is 12.0 Å². The van der Waals surface area contributed by atoms with E-state index in [2.05, 4.69) is 20.8 Å². The van der Waals surface area contributed by atoms with Gasteiger partial charge >= 0.3 is 6.09 Å². The van der Waals surface area contributed by atoms with Gasteiger partial charge in [-0.2, -0.15) is 5.10 Å². The highest BCUT2D eigenvalue weighted by Crippen LogP contribution is 2.09. The molecule has 0 aliphatic carbocycles. The van der Waals surface area contributed by atoms with Crippen molar-refractivity contribution in [2.24, 2.45) is 0 Å². The summed E-state index contributed by atoms with van der Waals surface area (Å²) in [7, 11) is 0. The maximum Gasteiger partial charge on any atom is 0.408 e. The smallest absolute Gasteiger partial charge is 0.408 e. The summed E-state index contributed by atoms with van der Waals surface area (Å²) in [5.74, 6) is -0.288. The second-order valence-corrected chi connectivity index (χ2v) is 6.69. The van der Waals surface area contributed by atoms with Crippen LogP contribution in [-0.4, -0.2) is 33.8 Å². The minimum Gasteiger partial charge on any atom is -0.444 e. The number of carbonyl (C=O) groups is 2. The topological polar surface area (TPSA) is 96.1 Å². The number of aromatic nitrogens is 2. The fourth-order valence-corrected chi connectivity index (χ4v) is 2.20. The highest BCUT2D eigenvalue weighted by molar-refractivity contribution is 5.85. The van der Waals surface area contributed by atoms with E-state index in [1.54, 1.807) is 33.0 Å². The third-order valence-electron chi connectivity index (χ3n) is 3.30. The van der Waals surface area contributed by atoms with Gasteiger partial charge in [0.05, 0.1) is 12.2 Å². The van der Waals surface area contributed by atoms with Gasteiger partial charge in [-0.15, -0.1) is 0 Å². The predicted molar refractivity (Wildman–Crippen MR) is 93.7 cm³/mol. The number of alkyl carbamates (subject to hydrolysis) is 1. The van der Waals surface area contributed by atoms with Crippen molar-refractivity contribution in [1.29, 1.82) is 0 Å². The molecule has 0 unspecified atom stereocenters. The highest BCUT2D eigenvalue weighted by Gasteiger charge is 2.24. The van der Waals surface area contributed by atoms with Crippen molar-refractivity contribution in [3.8, 4) is 0 Å².